The van der Waals surface area contributed by atoms with Gasteiger partial charge in [-0.2, -0.15) is 0 Å². The highest BCUT2D eigenvalue weighted by molar-refractivity contribution is 5.88. The Bertz CT molecular complexity index is 981. The molecule has 116 valence electrons. The van der Waals surface area contributed by atoms with Gasteiger partial charge in [0, 0.05) is 0 Å². The molecule has 0 saturated heterocycles. The van der Waals surface area contributed by atoms with Crippen molar-refractivity contribution in [1.29, 1.82) is 0 Å². The molecule has 0 saturated carbocycles. The molecule has 0 heterocycles. The van der Waals surface area contributed by atoms with Crippen molar-refractivity contribution in [1.82, 2.24) is 0 Å². The highest BCUT2D eigenvalue weighted by Crippen LogP contribution is 2.31. The third kappa shape index (κ3) is 2.72. The quantitative estimate of drug-likeness (QED) is 0.393. The Hall–Kier alpha value is -2.86. The molecule has 0 aliphatic rings. The van der Waals surface area contributed by atoms with Gasteiger partial charge in [0.25, 0.3) is 0 Å². The summed E-state index contributed by atoms with van der Waals surface area (Å²) in [4.78, 5) is 0. The first kappa shape index (κ1) is 14.7. The Kier molecular flexibility index (Phi) is 3.88. The minimum absolute atomic E-state index is 1.04. The van der Waals surface area contributed by atoms with Crippen molar-refractivity contribution in [3.63, 3.8) is 0 Å². The van der Waals surface area contributed by atoms with Gasteiger partial charge < -0.3 is 0 Å². The van der Waals surface area contributed by atoms with Crippen LogP contribution in [0.25, 0.3) is 33.0 Å². The van der Waals surface area contributed by atoms with Gasteiger partial charge in [-0.25, -0.2) is 0 Å². The lowest BCUT2D eigenvalue weighted by molar-refractivity contribution is 1.14. The van der Waals surface area contributed by atoms with Crippen LogP contribution in [0.1, 0.15) is 12.5 Å². The maximum Gasteiger partial charge on any atom is -0.0146 e. The molecule has 0 N–H and O–H groups in total. The third-order valence-electron chi connectivity index (χ3n) is 4.66. The van der Waals surface area contributed by atoms with E-state index in [0.29, 0.717) is 0 Å². The number of hydrogen-bond donors (Lipinski definition) is 0. The fraction of sp³-hybridized carbons (Fsp3) is 0.0833. The Morgan fingerprint density at radius 2 is 1.21 bits per heavy atom. The van der Waals surface area contributed by atoms with Gasteiger partial charge in [-0.1, -0.05) is 85.8 Å². The highest BCUT2D eigenvalue weighted by Gasteiger charge is 2.07. The summed E-state index contributed by atoms with van der Waals surface area (Å²) in [5.74, 6) is 0. The van der Waals surface area contributed by atoms with Crippen molar-refractivity contribution in [3.05, 3.63) is 96.6 Å². The van der Waals surface area contributed by atoms with E-state index < -0.39 is 0 Å². The van der Waals surface area contributed by atoms with E-state index in [2.05, 4.69) is 97.9 Å². The van der Waals surface area contributed by atoms with E-state index in [1.54, 1.807) is 0 Å². The lowest BCUT2D eigenvalue weighted by Gasteiger charge is -2.12. The summed E-state index contributed by atoms with van der Waals surface area (Å²) in [6.45, 7) is 2.22. The second-order valence-corrected chi connectivity index (χ2v) is 6.15. The first-order chi connectivity index (χ1) is 11.8. The number of rotatable bonds is 3. The van der Waals surface area contributed by atoms with Gasteiger partial charge in [-0.15, -0.1) is 0 Å². The molecular formula is C24H20. The largest absolute Gasteiger partial charge is 0.0622 e. The monoisotopic (exact) mass is 308 g/mol. The maximum atomic E-state index is 2.33. The molecule has 24 heavy (non-hydrogen) atoms. The molecule has 0 atom stereocenters. The van der Waals surface area contributed by atoms with Gasteiger partial charge in [0.1, 0.15) is 0 Å². The van der Waals surface area contributed by atoms with Gasteiger partial charge in [-0.05, 0) is 57.1 Å². The summed E-state index contributed by atoms with van der Waals surface area (Å²) in [7, 11) is 0. The van der Waals surface area contributed by atoms with Crippen LogP contribution in [0.2, 0.25) is 0 Å². The Morgan fingerprint density at radius 3 is 2.00 bits per heavy atom. The maximum absolute atomic E-state index is 2.33. The van der Waals surface area contributed by atoms with Crippen LogP contribution in [0, 0.1) is 0 Å². The normalized spacial score (nSPS) is 10.9. The van der Waals surface area contributed by atoms with E-state index in [4.69, 9.17) is 0 Å². The summed E-state index contributed by atoms with van der Waals surface area (Å²) in [6, 6.07) is 32.8. The Morgan fingerprint density at radius 1 is 0.542 bits per heavy atom. The van der Waals surface area contributed by atoms with Crippen molar-refractivity contribution < 1.29 is 0 Å². The predicted molar refractivity (Wildman–Crippen MR) is 104 cm³/mol. The van der Waals surface area contributed by atoms with Gasteiger partial charge in [0.15, 0.2) is 0 Å². The zero-order valence-electron chi connectivity index (χ0n) is 13.9. The molecule has 0 amide bonds. The van der Waals surface area contributed by atoms with Crippen molar-refractivity contribution in [2.45, 2.75) is 13.3 Å². The van der Waals surface area contributed by atoms with Crippen molar-refractivity contribution >= 4 is 10.8 Å². The molecule has 0 spiro atoms. The third-order valence-corrected chi connectivity index (χ3v) is 4.66. The zero-order chi connectivity index (χ0) is 16.4. The highest BCUT2D eigenvalue weighted by atomic mass is 14.1. The van der Waals surface area contributed by atoms with Crippen LogP contribution in [-0.4, -0.2) is 0 Å². The lowest BCUT2D eigenvalue weighted by Crippen LogP contribution is -1.89. The average molecular weight is 308 g/mol. The number of hydrogen-bond acceptors (Lipinski definition) is 0. The predicted octanol–water partition coefficient (Wildman–Crippen LogP) is 6.74. The van der Waals surface area contributed by atoms with Crippen LogP contribution in [-0.2, 0) is 6.42 Å². The first-order valence-electron chi connectivity index (χ1n) is 8.52. The molecule has 0 heteroatoms. The van der Waals surface area contributed by atoms with E-state index in [0.717, 1.165) is 6.42 Å². The molecule has 0 fully saturated rings. The minimum Gasteiger partial charge on any atom is -0.0622 e. The topological polar surface area (TPSA) is 0 Å². The summed E-state index contributed by atoms with van der Waals surface area (Å²) in [6.07, 6.45) is 1.04. The minimum atomic E-state index is 1.04. The molecule has 0 aromatic heterocycles. The van der Waals surface area contributed by atoms with Crippen LogP contribution >= 0.6 is 0 Å². The second-order valence-electron chi connectivity index (χ2n) is 6.15. The van der Waals surface area contributed by atoms with Crippen molar-refractivity contribution in [2.24, 2.45) is 0 Å². The molecule has 0 aliphatic heterocycles. The first-order valence-corrected chi connectivity index (χ1v) is 8.52. The summed E-state index contributed by atoms with van der Waals surface area (Å²) in [5, 5.41) is 2.57. The van der Waals surface area contributed by atoms with Crippen LogP contribution in [0.5, 0.6) is 0 Å². The standard InChI is InChI=1S/C24H20/c1-2-18-12-14-23(17-24(18)20-9-4-3-5-10-20)22-15-13-19-8-6-7-11-21(19)16-22/h3-17H,2H2,1H3. The number of aryl methyl sites for hydroxylation is 1. The van der Waals surface area contributed by atoms with E-state index in [1.165, 1.54) is 38.6 Å². The van der Waals surface area contributed by atoms with Gasteiger partial charge >= 0.3 is 0 Å². The fourth-order valence-corrected chi connectivity index (χ4v) is 3.32. The van der Waals surface area contributed by atoms with Crippen LogP contribution in [0.4, 0.5) is 0 Å². The molecule has 0 radical (unpaired) electrons. The Balaban J connectivity index is 1.86. The van der Waals surface area contributed by atoms with Gasteiger partial charge in [0.05, 0.1) is 0 Å². The molecule has 0 bridgehead atoms. The van der Waals surface area contributed by atoms with Gasteiger partial charge in [0.2, 0.25) is 0 Å². The smallest absolute Gasteiger partial charge is 0.0146 e. The van der Waals surface area contributed by atoms with Crippen molar-refractivity contribution in [2.75, 3.05) is 0 Å². The van der Waals surface area contributed by atoms with E-state index in [-0.39, 0.29) is 0 Å². The molecule has 4 aromatic carbocycles. The van der Waals surface area contributed by atoms with Crippen LogP contribution < -0.4 is 0 Å². The zero-order valence-corrected chi connectivity index (χ0v) is 13.9. The van der Waals surface area contributed by atoms with Crippen LogP contribution in [0.15, 0.2) is 91.0 Å². The van der Waals surface area contributed by atoms with E-state index in [1.807, 2.05) is 0 Å². The Labute approximate surface area is 143 Å². The average Bonchev–Trinajstić information content (AvgIpc) is 2.68. The molecule has 4 aromatic rings. The summed E-state index contributed by atoms with van der Waals surface area (Å²) < 4.78 is 0. The molecular weight excluding hydrogens is 288 g/mol. The SMILES string of the molecule is CCc1ccc(-c2ccc3ccccc3c2)cc1-c1ccccc1. The molecule has 0 unspecified atom stereocenters. The van der Waals surface area contributed by atoms with E-state index >= 15 is 0 Å². The molecule has 0 aliphatic carbocycles. The number of fused-ring (bicyclic) bond motifs is 1. The van der Waals surface area contributed by atoms with Crippen molar-refractivity contribution in [3.8, 4) is 22.3 Å². The second kappa shape index (κ2) is 6.33. The summed E-state index contributed by atoms with van der Waals surface area (Å²) in [5.41, 5.74) is 6.57. The number of benzene rings is 4. The fourth-order valence-electron chi connectivity index (χ4n) is 3.32. The van der Waals surface area contributed by atoms with Gasteiger partial charge in [-0.3, -0.25) is 0 Å². The molecule has 4 rings (SSSR count). The van der Waals surface area contributed by atoms with E-state index in [9.17, 15) is 0 Å². The lowest BCUT2D eigenvalue weighted by atomic mass is 9.93. The summed E-state index contributed by atoms with van der Waals surface area (Å²) >= 11 is 0. The van der Waals surface area contributed by atoms with Crippen LogP contribution in [0.3, 0.4) is 0 Å². The molecule has 0 nitrogen and oxygen atoms in total.